The van der Waals surface area contributed by atoms with Crippen LogP contribution in [0.25, 0.3) is 6.08 Å². The maximum atomic E-state index is 10.4. The van der Waals surface area contributed by atoms with Crippen molar-refractivity contribution in [3.63, 3.8) is 0 Å². The van der Waals surface area contributed by atoms with Crippen LogP contribution in [-0.2, 0) is 9.53 Å². The summed E-state index contributed by atoms with van der Waals surface area (Å²) in [6.45, 7) is 6.95. The molecule has 1 N–H and O–H groups in total. The van der Waals surface area contributed by atoms with Crippen molar-refractivity contribution in [2.24, 2.45) is 0 Å². The zero-order valence-electron chi connectivity index (χ0n) is 11.9. The molecular formula is C15H19BrO4. The Balaban J connectivity index is 2.54. The van der Waals surface area contributed by atoms with Gasteiger partial charge in [0.15, 0.2) is 0 Å². The van der Waals surface area contributed by atoms with E-state index in [-0.39, 0.29) is 5.60 Å². The molecule has 0 saturated heterocycles. The number of hydrogen-bond donors (Lipinski definition) is 1. The number of benzene rings is 1. The third kappa shape index (κ3) is 6.73. The van der Waals surface area contributed by atoms with Crippen LogP contribution in [0.2, 0.25) is 0 Å². The Morgan fingerprint density at radius 3 is 2.60 bits per heavy atom. The summed E-state index contributed by atoms with van der Waals surface area (Å²) in [6.07, 6.45) is 2.62. The second-order valence-corrected chi connectivity index (χ2v) is 6.03. The minimum Gasteiger partial charge on any atom is -0.490 e. The molecule has 0 aliphatic rings. The molecule has 0 heterocycles. The SMILES string of the molecule is CC(C)(C)OCCOc1ccc(/C=C/C(=O)O)cc1Br. The molecule has 1 aromatic rings. The number of aliphatic carboxylic acids is 1. The van der Waals surface area contributed by atoms with Crippen LogP contribution in [0.3, 0.4) is 0 Å². The molecule has 0 fully saturated rings. The van der Waals surface area contributed by atoms with Crippen molar-refractivity contribution in [1.29, 1.82) is 0 Å². The standard InChI is InChI=1S/C15H19BrO4/c1-15(2,3)20-9-8-19-13-6-4-11(10-12(13)16)5-7-14(17)18/h4-7,10H,8-9H2,1-3H3,(H,17,18)/b7-5+. The normalized spacial score (nSPS) is 11.8. The van der Waals surface area contributed by atoms with E-state index in [1.54, 1.807) is 18.2 Å². The van der Waals surface area contributed by atoms with E-state index in [1.807, 2.05) is 20.8 Å². The lowest BCUT2D eigenvalue weighted by molar-refractivity contribution is -0.131. The van der Waals surface area contributed by atoms with Gasteiger partial charge in [-0.3, -0.25) is 0 Å². The minimum absolute atomic E-state index is 0.175. The third-order valence-corrected chi connectivity index (χ3v) is 2.87. The van der Waals surface area contributed by atoms with Gasteiger partial charge in [-0.15, -0.1) is 0 Å². The molecule has 0 aliphatic heterocycles. The predicted octanol–water partition coefficient (Wildman–Crippen LogP) is 3.74. The Hall–Kier alpha value is -1.33. The van der Waals surface area contributed by atoms with Crippen LogP contribution < -0.4 is 4.74 Å². The monoisotopic (exact) mass is 342 g/mol. The summed E-state index contributed by atoms with van der Waals surface area (Å²) in [5, 5.41) is 8.57. The Labute approximate surface area is 127 Å². The molecular weight excluding hydrogens is 324 g/mol. The maximum Gasteiger partial charge on any atom is 0.328 e. The molecule has 20 heavy (non-hydrogen) atoms. The van der Waals surface area contributed by atoms with Crippen LogP contribution in [0.5, 0.6) is 5.75 Å². The molecule has 0 saturated carbocycles. The van der Waals surface area contributed by atoms with Crippen molar-refractivity contribution < 1.29 is 19.4 Å². The van der Waals surface area contributed by atoms with Gasteiger partial charge in [0.1, 0.15) is 12.4 Å². The summed E-state index contributed by atoms with van der Waals surface area (Å²) in [5.41, 5.74) is 0.615. The highest BCUT2D eigenvalue weighted by atomic mass is 79.9. The van der Waals surface area contributed by atoms with Gasteiger partial charge in [0, 0.05) is 6.08 Å². The molecule has 5 heteroatoms. The van der Waals surface area contributed by atoms with Crippen LogP contribution >= 0.6 is 15.9 Å². The third-order valence-electron chi connectivity index (χ3n) is 2.25. The molecule has 0 amide bonds. The first-order chi connectivity index (χ1) is 9.28. The molecule has 0 bridgehead atoms. The molecule has 1 aromatic carbocycles. The van der Waals surface area contributed by atoms with Gasteiger partial charge in [0.05, 0.1) is 16.7 Å². The second-order valence-electron chi connectivity index (χ2n) is 5.17. The molecule has 0 aromatic heterocycles. The lowest BCUT2D eigenvalue weighted by Crippen LogP contribution is -2.22. The zero-order chi connectivity index (χ0) is 15.2. The van der Waals surface area contributed by atoms with Gasteiger partial charge >= 0.3 is 5.97 Å². The van der Waals surface area contributed by atoms with Crippen LogP contribution in [0.15, 0.2) is 28.7 Å². The lowest BCUT2D eigenvalue weighted by atomic mass is 10.2. The first-order valence-electron chi connectivity index (χ1n) is 6.25. The smallest absolute Gasteiger partial charge is 0.328 e. The fourth-order valence-corrected chi connectivity index (χ4v) is 1.92. The van der Waals surface area contributed by atoms with E-state index in [0.717, 1.165) is 16.1 Å². The van der Waals surface area contributed by atoms with Gasteiger partial charge < -0.3 is 14.6 Å². The van der Waals surface area contributed by atoms with Crippen molar-refractivity contribution in [2.75, 3.05) is 13.2 Å². The van der Waals surface area contributed by atoms with Crippen LogP contribution in [0.1, 0.15) is 26.3 Å². The summed E-state index contributed by atoms with van der Waals surface area (Å²) < 4.78 is 11.9. The summed E-state index contributed by atoms with van der Waals surface area (Å²) in [4.78, 5) is 10.4. The molecule has 0 unspecified atom stereocenters. The Morgan fingerprint density at radius 2 is 2.05 bits per heavy atom. The average Bonchev–Trinajstić information content (AvgIpc) is 2.32. The molecule has 110 valence electrons. The number of halogens is 1. The van der Waals surface area contributed by atoms with Gasteiger partial charge in [-0.1, -0.05) is 6.07 Å². The largest absolute Gasteiger partial charge is 0.490 e. The molecule has 4 nitrogen and oxygen atoms in total. The topological polar surface area (TPSA) is 55.8 Å². The highest BCUT2D eigenvalue weighted by molar-refractivity contribution is 9.10. The number of ether oxygens (including phenoxy) is 2. The number of carboxylic acids is 1. The number of carbonyl (C=O) groups is 1. The first-order valence-corrected chi connectivity index (χ1v) is 7.04. The molecule has 0 atom stereocenters. The first kappa shape index (κ1) is 16.7. The summed E-state index contributed by atoms with van der Waals surface area (Å²) in [6, 6.07) is 5.40. The quantitative estimate of drug-likeness (QED) is 0.632. The Morgan fingerprint density at radius 1 is 1.35 bits per heavy atom. The number of carboxylic acid groups (broad SMARTS) is 1. The van der Waals surface area contributed by atoms with Gasteiger partial charge in [0.25, 0.3) is 0 Å². The van der Waals surface area contributed by atoms with Gasteiger partial charge in [-0.05, 0) is 60.5 Å². The van der Waals surface area contributed by atoms with E-state index < -0.39 is 5.97 Å². The Bertz CT molecular complexity index is 489. The Kier molecular flexibility index (Phi) is 6.23. The van der Waals surface area contributed by atoms with Crippen molar-refractivity contribution in [3.05, 3.63) is 34.3 Å². The van der Waals surface area contributed by atoms with Gasteiger partial charge in [-0.25, -0.2) is 4.79 Å². The lowest BCUT2D eigenvalue weighted by Gasteiger charge is -2.19. The fraction of sp³-hybridized carbons (Fsp3) is 0.400. The summed E-state index contributed by atoms with van der Waals surface area (Å²) in [7, 11) is 0. The van der Waals surface area contributed by atoms with Crippen molar-refractivity contribution in [2.45, 2.75) is 26.4 Å². The van der Waals surface area contributed by atoms with Gasteiger partial charge in [0.2, 0.25) is 0 Å². The molecule has 0 aliphatic carbocycles. The van der Waals surface area contributed by atoms with Crippen molar-refractivity contribution >= 4 is 28.0 Å². The van der Waals surface area contributed by atoms with Gasteiger partial charge in [-0.2, -0.15) is 0 Å². The van der Waals surface area contributed by atoms with E-state index in [0.29, 0.717) is 19.0 Å². The second kappa shape index (κ2) is 7.45. The van der Waals surface area contributed by atoms with Crippen LogP contribution in [-0.4, -0.2) is 29.9 Å². The predicted molar refractivity (Wildman–Crippen MR) is 82.0 cm³/mol. The van der Waals surface area contributed by atoms with E-state index >= 15 is 0 Å². The minimum atomic E-state index is -0.972. The number of hydrogen-bond acceptors (Lipinski definition) is 3. The highest BCUT2D eigenvalue weighted by Gasteiger charge is 2.09. The van der Waals surface area contributed by atoms with E-state index in [9.17, 15) is 4.79 Å². The van der Waals surface area contributed by atoms with E-state index in [4.69, 9.17) is 14.6 Å². The molecule has 0 radical (unpaired) electrons. The summed E-state index contributed by atoms with van der Waals surface area (Å²) >= 11 is 3.40. The maximum absolute atomic E-state index is 10.4. The zero-order valence-corrected chi connectivity index (χ0v) is 13.4. The highest BCUT2D eigenvalue weighted by Crippen LogP contribution is 2.26. The fourth-order valence-electron chi connectivity index (χ4n) is 1.40. The van der Waals surface area contributed by atoms with Crippen LogP contribution in [0.4, 0.5) is 0 Å². The van der Waals surface area contributed by atoms with E-state index in [2.05, 4.69) is 15.9 Å². The molecule has 0 spiro atoms. The van der Waals surface area contributed by atoms with Crippen molar-refractivity contribution in [3.8, 4) is 5.75 Å². The number of rotatable bonds is 6. The van der Waals surface area contributed by atoms with Crippen molar-refractivity contribution in [1.82, 2.24) is 0 Å². The average molecular weight is 343 g/mol. The van der Waals surface area contributed by atoms with Crippen LogP contribution in [0, 0.1) is 0 Å². The van der Waals surface area contributed by atoms with E-state index in [1.165, 1.54) is 6.08 Å². The molecule has 1 rings (SSSR count). The summed E-state index contributed by atoms with van der Waals surface area (Å²) in [5.74, 6) is -0.268.